The molecule has 9 heteroatoms. The maximum Gasteiger partial charge on any atom is 0.271 e. The van der Waals surface area contributed by atoms with Gasteiger partial charge < -0.3 is 9.80 Å². The Morgan fingerprint density at radius 1 is 0.903 bits per heavy atom. The van der Waals surface area contributed by atoms with Gasteiger partial charge in [0.2, 0.25) is 5.91 Å². The molecule has 0 spiro atoms. The van der Waals surface area contributed by atoms with Crippen LogP contribution in [0, 0.1) is 0 Å². The van der Waals surface area contributed by atoms with Crippen molar-refractivity contribution in [1.82, 2.24) is 14.7 Å². The molecule has 1 aromatic heterocycles. The van der Waals surface area contributed by atoms with Gasteiger partial charge in [-0.15, -0.1) is 11.3 Å². The van der Waals surface area contributed by atoms with E-state index < -0.39 is 10.0 Å². The molecule has 2 aliphatic heterocycles. The number of nitrogens with one attached hydrogen (secondary N) is 1. The minimum atomic E-state index is -3.55. The summed E-state index contributed by atoms with van der Waals surface area (Å²) in [7, 11) is -3.55. The van der Waals surface area contributed by atoms with Gasteiger partial charge in [0.05, 0.1) is 6.42 Å². The van der Waals surface area contributed by atoms with E-state index in [1.807, 2.05) is 17.0 Å². The van der Waals surface area contributed by atoms with Gasteiger partial charge in [-0.1, -0.05) is 18.2 Å². The second kappa shape index (κ2) is 10.1. The Bertz CT molecular complexity index is 947. The van der Waals surface area contributed by atoms with Crippen molar-refractivity contribution in [3.05, 3.63) is 47.3 Å². The van der Waals surface area contributed by atoms with Gasteiger partial charge in [0.1, 0.15) is 4.21 Å². The number of amides is 1. The number of nitrogens with zero attached hydrogens (tertiary/aromatic N) is 3. The normalized spacial score (nSPS) is 18.4. The zero-order chi connectivity index (χ0) is 21.7. The summed E-state index contributed by atoms with van der Waals surface area (Å²) in [6.07, 6.45) is 2.99. The average Bonchev–Trinajstić information content (AvgIpc) is 3.48. The number of rotatable bonds is 8. The number of benzene rings is 1. The molecule has 2 fully saturated rings. The Hall–Kier alpha value is -1.94. The molecule has 0 aliphatic carbocycles. The molecule has 1 N–H and O–H groups in total. The summed E-state index contributed by atoms with van der Waals surface area (Å²) in [5.74, 6) is 0.131. The van der Waals surface area contributed by atoms with Gasteiger partial charge in [-0.2, -0.15) is 0 Å². The molecular formula is C22H30N4O3S2. The van der Waals surface area contributed by atoms with Gasteiger partial charge in [0.15, 0.2) is 0 Å². The summed E-state index contributed by atoms with van der Waals surface area (Å²) < 4.78 is 27.5. The largest absolute Gasteiger partial charge is 0.340 e. The molecule has 3 heterocycles. The fourth-order valence-electron chi connectivity index (χ4n) is 4.11. The van der Waals surface area contributed by atoms with Crippen molar-refractivity contribution in [2.45, 2.75) is 23.5 Å². The lowest BCUT2D eigenvalue weighted by molar-refractivity contribution is -0.132. The minimum absolute atomic E-state index is 0.131. The molecular weight excluding hydrogens is 432 g/mol. The van der Waals surface area contributed by atoms with Gasteiger partial charge in [-0.05, 0) is 55.1 Å². The molecule has 0 unspecified atom stereocenters. The molecule has 2 aromatic rings. The number of carbonyl (C=O) groups excluding carboxylic acids is 1. The summed E-state index contributed by atoms with van der Waals surface area (Å²) in [5.41, 5.74) is 1.39. The predicted molar refractivity (Wildman–Crippen MR) is 124 cm³/mol. The minimum Gasteiger partial charge on any atom is -0.340 e. The van der Waals surface area contributed by atoms with E-state index in [-0.39, 0.29) is 10.1 Å². The first kappa shape index (κ1) is 22.3. The highest BCUT2D eigenvalue weighted by molar-refractivity contribution is 7.94. The van der Waals surface area contributed by atoms with Gasteiger partial charge in [-0.3, -0.25) is 14.4 Å². The Balaban J connectivity index is 1.22. The number of hydrogen-bond acceptors (Lipinski definition) is 6. The molecule has 31 heavy (non-hydrogen) atoms. The summed E-state index contributed by atoms with van der Waals surface area (Å²) in [6, 6.07) is 10.3. The summed E-state index contributed by atoms with van der Waals surface area (Å²) >= 11 is 1.18. The molecule has 2 aliphatic rings. The number of anilines is 1. The smallest absolute Gasteiger partial charge is 0.271 e. The van der Waals surface area contributed by atoms with Crippen LogP contribution in [0.4, 0.5) is 5.69 Å². The summed E-state index contributed by atoms with van der Waals surface area (Å²) in [4.78, 5) is 19.6. The van der Waals surface area contributed by atoms with Crippen LogP contribution >= 0.6 is 11.3 Å². The van der Waals surface area contributed by atoms with E-state index in [9.17, 15) is 13.2 Å². The van der Waals surface area contributed by atoms with Crippen LogP contribution in [0.3, 0.4) is 0 Å². The number of carbonyl (C=O) groups is 1. The van der Waals surface area contributed by atoms with Crippen LogP contribution in [0.2, 0.25) is 0 Å². The van der Waals surface area contributed by atoms with Crippen molar-refractivity contribution in [3.63, 3.8) is 0 Å². The zero-order valence-corrected chi connectivity index (χ0v) is 19.3. The first-order valence-electron chi connectivity index (χ1n) is 10.9. The molecule has 0 bridgehead atoms. The van der Waals surface area contributed by atoms with E-state index >= 15 is 0 Å². The number of sulfonamides is 1. The predicted octanol–water partition coefficient (Wildman–Crippen LogP) is 2.33. The first-order chi connectivity index (χ1) is 15.0. The van der Waals surface area contributed by atoms with Crippen molar-refractivity contribution >= 4 is 33.0 Å². The zero-order valence-electron chi connectivity index (χ0n) is 17.7. The highest BCUT2D eigenvalue weighted by Gasteiger charge is 2.22. The molecule has 0 saturated carbocycles. The molecule has 2 saturated heterocycles. The lowest BCUT2D eigenvalue weighted by Crippen LogP contribution is -2.50. The lowest BCUT2D eigenvalue weighted by Gasteiger charge is -2.35. The van der Waals surface area contributed by atoms with Crippen LogP contribution in [0.5, 0.6) is 0 Å². The number of hydrogen-bond donors (Lipinski definition) is 1. The third kappa shape index (κ3) is 6.06. The quantitative estimate of drug-likeness (QED) is 0.652. The SMILES string of the molecule is O=C(Cc1ccc(NS(=O)(=O)c2cccs2)cc1)N1CCN(CCN2CCCC2)CC1. The number of likely N-dealkylation sites (tertiary alicyclic amines) is 1. The van der Waals surface area contributed by atoms with Crippen molar-refractivity contribution in [2.24, 2.45) is 0 Å². The van der Waals surface area contributed by atoms with Crippen molar-refractivity contribution < 1.29 is 13.2 Å². The fraction of sp³-hybridized carbons (Fsp3) is 0.500. The van der Waals surface area contributed by atoms with Gasteiger partial charge in [-0.25, -0.2) is 8.42 Å². The standard InChI is InChI=1S/C22H30N4O3S2/c27-21(26-15-13-25(14-16-26)12-11-24-9-1-2-10-24)18-19-5-7-20(8-6-19)23-31(28,29)22-4-3-17-30-22/h3-8,17,23H,1-2,9-16,18H2. The van der Waals surface area contributed by atoms with E-state index in [0.717, 1.165) is 44.8 Å². The van der Waals surface area contributed by atoms with Crippen molar-refractivity contribution in [3.8, 4) is 0 Å². The molecule has 1 aromatic carbocycles. The maximum atomic E-state index is 12.7. The number of thiophene rings is 1. The van der Waals surface area contributed by atoms with E-state index in [0.29, 0.717) is 12.1 Å². The Kier molecular flexibility index (Phi) is 7.27. The van der Waals surface area contributed by atoms with E-state index in [1.54, 1.807) is 29.6 Å². The van der Waals surface area contributed by atoms with E-state index in [2.05, 4.69) is 14.5 Å². The average molecular weight is 463 g/mol. The second-order valence-corrected chi connectivity index (χ2v) is 11.0. The Labute approximate surface area is 188 Å². The molecule has 168 valence electrons. The summed E-state index contributed by atoms with van der Waals surface area (Å²) in [6.45, 7) is 8.10. The van der Waals surface area contributed by atoms with E-state index in [1.165, 1.54) is 37.3 Å². The molecule has 0 radical (unpaired) electrons. The molecule has 0 atom stereocenters. The fourth-order valence-corrected chi connectivity index (χ4v) is 6.16. The third-order valence-corrected chi connectivity index (χ3v) is 8.76. The highest BCUT2D eigenvalue weighted by Crippen LogP contribution is 2.20. The van der Waals surface area contributed by atoms with Crippen molar-refractivity contribution in [2.75, 3.05) is 57.1 Å². The van der Waals surface area contributed by atoms with Crippen LogP contribution in [-0.4, -0.2) is 81.4 Å². The third-order valence-electron chi connectivity index (χ3n) is 5.98. The van der Waals surface area contributed by atoms with Crippen LogP contribution in [0.15, 0.2) is 46.0 Å². The first-order valence-corrected chi connectivity index (χ1v) is 13.2. The topological polar surface area (TPSA) is 73.0 Å². The second-order valence-electron chi connectivity index (χ2n) is 8.18. The monoisotopic (exact) mass is 462 g/mol. The number of piperazine rings is 1. The molecule has 7 nitrogen and oxygen atoms in total. The molecule has 4 rings (SSSR count). The molecule has 1 amide bonds. The lowest BCUT2D eigenvalue weighted by atomic mass is 10.1. The van der Waals surface area contributed by atoms with Gasteiger partial charge >= 0.3 is 0 Å². The maximum absolute atomic E-state index is 12.7. The van der Waals surface area contributed by atoms with Crippen LogP contribution in [0.1, 0.15) is 18.4 Å². The van der Waals surface area contributed by atoms with Crippen molar-refractivity contribution in [1.29, 1.82) is 0 Å². The Morgan fingerprint density at radius 2 is 1.55 bits per heavy atom. The van der Waals surface area contributed by atoms with E-state index in [4.69, 9.17) is 0 Å². The highest BCUT2D eigenvalue weighted by atomic mass is 32.2. The van der Waals surface area contributed by atoms with Crippen LogP contribution < -0.4 is 4.72 Å². The van der Waals surface area contributed by atoms with Gasteiger partial charge in [0.25, 0.3) is 10.0 Å². The Morgan fingerprint density at radius 3 is 2.16 bits per heavy atom. The van der Waals surface area contributed by atoms with Crippen LogP contribution in [-0.2, 0) is 21.2 Å². The summed E-state index contributed by atoms with van der Waals surface area (Å²) in [5, 5.41) is 1.73. The van der Waals surface area contributed by atoms with Crippen LogP contribution in [0.25, 0.3) is 0 Å². The van der Waals surface area contributed by atoms with Gasteiger partial charge in [0, 0.05) is 45.0 Å².